The third-order valence-electron chi connectivity index (χ3n) is 6.91. The smallest absolute Gasteiger partial charge is 0.250 e. The maximum absolute atomic E-state index is 13.3. The highest BCUT2D eigenvalue weighted by atomic mass is 16.5. The van der Waals surface area contributed by atoms with Gasteiger partial charge >= 0.3 is 0 Å². The van der Waals surface area contributed by atoms with Crippen molar-refractivity contribution >= 4 is 11.8 Å². The number of benzene rings is 1. The molecule has 0 radical (unpaired) electrons. The molecule has 2 aromatic rings. The van der Waals surface area contributed by atoms with Gasteiger partial charge in [0, 0.05) is 62.4 Å². The molecule has 31 heavy (non-hydrogen) atoms. The van der Waals surface area contributed by atoms with E-state index in [0.29, 0.717) is 32.7 Å². The van der Waals surface area contributed by atoms with Crippen LogP contribution in [0, 0.1) is 11.8 Å². The van der Waals surface area contributed by atoms with E-state index < -0.39 is 0 Å². The second-order valence-electron chi connectivity index (χ2n) is 8.93. The third kappa shape index (κ3) is 3.62. The molecule has 0 unspecified atom stereocenters. The molecule has 2 bridgehead atoms. The van der Waals surface area contributed by atoms with Gasteiger partial charge in [-0.25, -0.2) is 0 Å². The number of carbonyl (C=O) groups excluding carboxylic acids is 2. The van der Waals surface area contributed by atoms with E-state index in [0.717, 1.165) is 23.4 Å². The van der Waals surface area contributed by atoms with Crippen LogP contribution < -0.4 is 10.3 Å². The van der Waals surface area contributed by atoms with Crippen LogP contribution in [-0.2, 0) is 22.7 Å². The number of likely N-dealkylation sites (tertiary alicyclic amines) is 2. The van der Waals surface area contributed by atoms with Gasteiger partial charge in [-0.1, -0.05) is 24.3 Å². The SMILES string of the molecule is COc1ccccc1CN1C[C@@H](C(=O)N2C[C@H]3C[C@@H](C2)c2cccc(=O)n2C3)CC1=O. The summed E-state index contributed by atoms with van der Waals surface area (Å²) >= 11 is 0. The molecule has 5 rings (SSSR count). The van der Waals surface area contributed by atoms with Crippen LogP contribution in [0.15, 0.2) is 47.3 Å². The lowest BCUT2D eigenvalue weighted by atomic mass is 9.82. The second-order valence-corrected chi connectivity index (χ2v) is 8.93. The Morgan fingerprint density at radius 3 is 2.71 bits per heavy atom. The number of rotatable bonds is 4. The van der Waals surface area contributed by atoms with Crippen LogP contribution in [0.4, 0.5) is 0 Å². The summed E-state index contributed by atoms with van der Waals surface area (Å²) in [5.41, 5.74) is 2.02. The second kappa shape index (κ2) is 7.87. The number of pyridine rings is 1. The van der Waals surface area contributed by atoms with Gasteiger partial charge in [0.25, 0.3) is 5.56 Å². The van der Waals surface area contributed by atoms with Crippen molar-refractivity contribution in [2.75, 3.05) is 26.7 Å². The highest BCUT2D eigenvalue weighted by Gasteiger charge is 2.41. The standard InChI is InChI=1S/C24H27N3O4/c1-31-21-7-3-2-5-17(21)13-25-15-19(10-23(25)29)24(30)26-11-16-9-18(14-26)20-6-4-8-22(28)27(20)12-16/h2-8,16,18-19H,9-15H2,1H3/t16-,18+,19+/m1/s1. The highest BCUT2D eigenvalue weighted by molar-refractivity contribution is 5.89. The van der Waals surface area contributed by atoms with Crippen molar-refractivity contribution in [1.29, 1.82) is 0 Å². The summed E-state index contributed by atoms with van der Waals surface area (Å²) < 4.78 is 7.27. The normalized spacial score (nSPS) is 24.8. The van der Waals surface area contributed by atoms with Crippen LogP contribution in [-0.4, -0.2) is 52.9 Å². The molecule has 1 aromatic heterocycles. The van der Waals surface area contributed by atoms with Crippen molar-refractivity contribution in [2.24, 2.45) is 11.8 Å². The number of hydrogen-bond acceptors (Lipinski definition) is 4. The highest BCUT2D eigenvalue weighted by Crippen LogP contribution is 2.36. The molecule has 7 nitrogen and oxygen atoms in total. The van der Waals surface area contributed by atoms with Crippen molar-refractivity contribution in [2.45, 2.75) is 31.8 Å². The summed E-state index contributed by atoms with van der Waals surface area (Å²) in [7, 11) is 1.62. The molecule has 3 atom stereocenters. The van der Waals surface area contributed by atoms with Crippen LogP contribution in [0.25, 0.3) is 0 Å². The first-order valence-corrected chi connectivity index (χ1v) is 10.9. The van der Waals surface area contributed by atoms with Crippen molar-refractivity contribution < 1.29 is 14.3 Å². The number of ether oxygens (including phenoxy) is 1. The van der Waals surface area contributed by atoms with Crippen LogP contribution >= 0.6 is 0 Å². The van der Waals surface area contributed by atoms with Gasteiger partial charge in [-0.3, -0.25) is 14.4 Å². The Morgan fingerprint density at radius 1 is 1.03 bits per heavy atom. The molecular formula is C24H27N3O4. The topological polar surface area (TPSA) is 71.8 Å². The number of amides is 2. The van der Waals surface area contributed by atoms with Gasteiger partial charge in [-0.15, -0.1) is 0 Å². The summed E-state index contributed by atoms with van der Waals surface area (Å²) in [6.07, 6.45) is 1.27. The number of para-hydroxylation sites is 1. The van der Waals surface area contributed by atoms with Crippen LogP contribution in [0.1, 0.15) is 30.0 Å². The monoisotopic (exact) mass is 421 g/mol. The number of carbonyl (C=O) groups is 2. The summed E-state index contributed by atoms with van der Waals surface area (Å²) in [5, 5.41) is 0. The van der Waals surface area contributed by atoms with Gasteiger partial charge in [0.15, 0.2) is 0 Å². The number of methoxy groups -OCH3 is 1. The molecule has 2 saturated heterocycles. The molecule has 2 amide bonds. The van der Waals surface area contributed by atoms with Crippen molar-refractivity contribution in [3.8, 4) is 5.75 Å². The van der Waals surface area contributed by atoms with E-state index in [-0.39, 0.29) is 41.5 Å². The largest absolute Gasteiger partial charge is 0.496 e. The Bertz CT molecular complexity index is 1080. The van der Waals surface area contributed by atoms with Crippen molar-refractivity contribution in [3.63, 3.8) is 0 Å². The molecule has 2 fully saturated rings. The zero-order valence-electron chi connectivity index (χ0n) is 17.7. The third-order valence-corrected chi connectivity index (χ3v) is 6.91. The number of aromatic nitrogens is 1. The Morgan fingerprint density at radius 2 is 1.87 bits per heavy atom. The fourth-order valence-corrected chi connectivity index (χ4v) is 5.46. The number of piperidine rings is 1. The van der Waals surface area contributed by atoms with E-state index in [1.165, 1.54) is 0 Å². The summed E-state index contributed by atoms with van der Waals surface area (Å²) in [5.74, 6) is 1.00. The first-order valence-electron chi connectivity index (χ1n) is 10.9. The lowest BCUT2D eigenvalue weighted by molar-refractivity contribution is -0.138. The lowest BCUT2D eigenvalue weighted by Crippen LogP contribution is -2.50. The summed E-state index contributed by atoms with van der Waals surface area (Å²) in [4.78, 5) is 41.9. The van der Waals surface area contributed by atoms with Crippen LogP contribution in [0.3, 0.4) is 0 Å². The van der Waals surface area contributed by atoms with Gasteiger partial charge in [0.05, 0.1) is 13.0 Å². The van der Waals surface area contributed by atoms with E-state index in [9.17, 15) is 14.4 Å². The maximum Gasteiger partial charge on any atom is 0.250 e. The Hall–Kier alpha value is -3.09. The zero-order chi connectivity index (χ0) is 21.5. The average Bonchev–Trinajstić information content (AvgIpc) is 3.14. The molecule has 3 aliphatic rings. The zero-order valence-corrected chi connectivity index (χ0v) is 17.7. The minimum Gasteiger partial charge on any atom is -0.496 e. The van der Waals surface area contributed by atoms with Gasteiger partial charge in [0.1, 0.15) is 5.75 Å². The molecule has 162 valence electrons. The predicted molar refractivity (Wildman–Crippen MR) is 115 cm³/mol. The number of nitrogens with zero attached hydrogens (tertiary/aromatic N) is 3. The fourth-order valence-electron chi connectivity index (χ4n) is 5.46. The molecular weight excluding hydrogens is 394 g/mol. The predicted octanol–water partition coefficient (Wildman–Crippen LogP) is 1.85. The molecule has 0 N–H and O–H groups in total. The van der Waals surface area contributed by atoms with E-state index >= 15 is 0 Å². The van der Waals surface area contributed by atoms with Crippen LogP contribution in [0.5, 0.6) is 5.75 Å². The van der Waals surface area contributed by atoms with Gasteiger partial charge in [0.2, 0.25) is 11.8 Å². The van der Waals surface area contributed by atoms with E-state index in [1.54, 1.807) is 24.1 Å². The first-order chi connectivity index (χ1) is 15.0. The quantitative estimate of drug-likeness (QED) is 0.756. The van der Waals surface area contributed by atoms with Gasteiger partial charge in [-0.2, -0.15) is 0 Å². The Kier molecular flexibility index (Phi) is 5.04. The Balaban J connectivity index is 1.28. The molecule has 3 aliphatic heterocycles. The molecule has 0 saturated carbocycles. The number of hydrogen-bond donors (Lipinski definition) is 0. The first kappa shape index (κ1) is 19.8. The molecule has 0 aliphatic carbocycles. The molecule has 1 aromatic carbocycles. The summed E-state index contributed by atoms with van der Waals surface area (Å²) in [6.45, 7) is 2.84. The van der Waals surface area contributed by atoms with Crippen molar-refractivity contribution in [3.05, 3.63) is 64.1 Å². The minimum absolute atomic E-state index is 0.0124. The van der Waals surface area contributed by atoms with E-state index in [1.807, 2.05) is 39.8 Å². The van der Waals surface area contributed by atoms with Gasteiger partial charge < -0.3 is 19.1 Å². The van der Waals surface area contributed by atoms with Gasteiger partial charge in [-0.05, 0) is 24.5 Å². The maximum atomic E-state index is 13.3. The minimum atomic E-state index is -0.306. The van der Waals surface area contributed by atoms with E-state index in [4.69, 9.17) is 4.74 Å². The average molecular weight is 421 g/mol. The van der Waals surface area contributed by atoms with Crippen LogP contribution in [0.2, 0.25) is 0 Å². The molecule has 4 heterocycles. The Labute approximate surface area is 181 Å². The fraction of sp³-hybridized carbons (Fsp3) is 0.458. The van der Waals surface area contributed by atoms with E-state index in [2.05, 4.69) is 0 Å². The summed E-state index contributed by atoms with van der Waals surface area (Å²) in [6, 6.07) is 13.1. The van der Waals surface area contributed by atoms with Crippen molar-refractivity contribution in [1.82, 2.24) is 14.4 Å². The number of fused-ring (bicyclic) bond motifs is 4. The lowest BCUT2D eigenvalue weighted by Gasteiger charge is -2.43. The molecule has 0 spiro atoms. The molecule has 7 heteroatoms.